The Morgan fingerprint density at radius 1 is 1.36 bits per heavy atom. The Bertz CT molecular complexity index is 914. The van der Waals surface area contributed by atoms with Gasteiger partial charge in [-0.15, -0.1) is 12.4 Å². The van der Waals surface area contributed by atoms with Crippen LogP contribution in [-0.4, -0.2) is 33.1 Å². The number of fused-ring (bicyclic) bond motifs is 1. The molecule has 0 saturated carbocycles. The molecule has 0 spiro atoms. The van der Waals surface area contributed by atoms with Crippen LogP contribution < -0.4 is 5.32 Å². The number of aromatic nitrogens is 3. The summed E-state index contributed by atoms with van der Waals surface area (Å²) in [7, 11) is 1.49. The summed E-state index contributed by atoms with van der Waals surface area (Å²) in [4.78, 5) is 14.3. The highest BCUT2D eigenvalue weighted by molar-refractivity contribution is 5.93. The first-order chi connectivity index (χ1) is 11.4. The summed E-state index contributed by atoms with van der Waals surface area (Å²) in [5, 5.41) is 17.2. The monoisotopic (exact) mass is 377 g/mol. The molecule has 1 aromatic carbocycles. The average Bonchev–Trinajstić information content (AvgIpc) is 3.17. The summed E-state index contributed by atoms with van der Waals surface area (Å²) in [5.74, 6) is -0.173. The molecule has 0 amide bonds. The summed E-state index contributed by atoms with van der Waals surface area (Å²) >= 11 is 0. The van der Waals surface area contributed by atoms with Crippen molar-refractivity contribution in [2.45, 2.75) is 12.7 Å². The smallest absolute Gasteiger partial charge is 0.321 e. The molecule has 134 valence electrons. The van der Waals surface area contributed by atoms with E-state index in [0.29, 0.717) is 4.57 Å². The molecule has 12 heteroatoms. The molecule has 25 heavy (non-hydrogen) atoms. The molecule has 0 saturated heterocycles. The van der Waals surface area contributed by atoms with Gasteiger partial charge in [-0.1, -0.05) is 11.2 Å². The highest BCUT2D eigenvalue weighted by Gasteiger charge is 2.30. The van der Waals surface area contributed by atoms with E-state index < -0.39 is 17.6 Å². The van der Waals surface area contributed by atoms with Crippen LogP contribution in [0.25, 0.3) is 22.4 Å². The van der Waals surface area contributed by atoms with Crippen LogP contribution in [0.1, 0.15) is 6.30 Å². The van der Waals surface area contributed by atoms with Crippen LogP contribution in [0.4, 0.5) is 24.9 Å². The van der Waals surface area contributed by atoms with E-state index in [1.165, 1.54) is 31.3 Å². The lowest BCUT2D eigenvalue weighted by atomic mass is 10.2. The molecule has 8 nitrogen and oxygen atoms in total. The molecule has 0 aliphatic heterocycles. The number of nitrogens with zero attached hydrogens (tertiary/aromatic N) is 4. The molecule has 0 bridgehead atoms. The Morgan fingerprint density at radius 2 is 2.08 bits per heavy atom. The second-order valence-electron chi connectivity index (χ2n) is 4.75. The van der Waals surface area contributed by atoms with Gasteiger partial charge in [0.25, 0.3) is 12.1 Å². The van der Waals surface area contributed by atoms with Crippen LogP contribution in [0.3, 0.4) is 0 Å². The minimum atomic E-state index is -3.34. The molecule has 0 aliphatic rings. The summed E-state index contributed by atoms with van der Waals surface area (Å²) in [6, 6.07) is 4.96. The molecule has 1 atom stereocenters. The van der Waals surface area contributed by atoms with E-state index in [1.807, 2.05) is 0 Å². The quantitative estimate of drug-likeness (QED) is 0.536. The van der Waals surface area contributed by atoms with E-state index in [2.05, 4.69) is 15.5 Å². The Hall–Kier alpha value is -2.82. The topological polar surface area (TPSA) is 99.0 Å². The van der Waals surface area contributed by atoms with Crippen LogP contribution in [-0.2, 0) is 0 Å². The van der Waals surface area contributed by atoms with Gasteiger partial charge in [0.2, 0.25) is 12.1 Å². The zero-order valence-electron chi connectivity index (χ0n) is 12.5. The van der Waals surface area contributed by atoms with Crippen molar-refractivity contribution in [2.75, 3.05) is 12.4 Å². The van der Waals surface area contributed by atoms with Crippen molar-refractivity contribution in [3.05, 3.63) is 34.4 Å². The van der Waals surface area contributed by atoms with E-state index in [4.69, 9.17) is 4.52 Å². The van der Waals surface area contributed by atoms with Gasteiger partial charge in [0.05, 0.1) is 21.5 Å². The van der Waals surface area contributed by atoms with Crippen LogP contribution in [0, 0.1) is 10.1 Å². The molecule has 2 aromatic heterocycles. The maximum Gasteiger partial charge on any atom is 0.321 e. The third-order valence-electron chi connectivity index (χ3n) is 3.38. The summed E-state index contributed by atoms with van der Waals surface area (Å²) in [6.07, 6.45) is -6.06. The lowest BCUT2D eigenvalue weighted by Gasteiger charge is -2.13. The molecule has 1 unspecified atom stereocenters. The van der Waals surface area contributed by atoms with Crippen molar-refractivity contribution in [1.82, 2.24) is 14.7 Å². The molecular weight excluding hydrogens is 367 g/mol. The number of alkyl halides is 3. The number of non-ortho nitro benzene ring substituents is 1. The van der Waals surface area contributed by atoms with Crippen molar-refractivity contribution < 1.29 is 22.6 Å². The molecule has 3 rings (SSSR count). The van der Waals surface area contributed by atoms with Gasteiger partial charge in [-0.25, -0.2) is 13.2 Å². The van der Waals surface area contributed by atoms with Crippen molar-refractivity contribution >= 4 is 35.0 Å². The van der Waals surface area contributed by atoms with Crippen molar-refractivity contribution in [3.63, 3.8) is 0 Å². The highest BCUT2D eigenvalue weighted by atomic mass is 35.5. The lowest BCUT2D eigenvalue weighted by Crippen LogP contribution is -2.13. The average molecular weight is 378 g/mol. The summed E-state index contributed by atoms with van der Waals surface area (Å²) in [6.45, 7) is 0. The van der Waals surface area contributed by atoms with E-state index in [0.717, 1.165) is 0 Å². The van der Waals surface area contributed by atoms with E-state index >= 15 is 0 Å². The Balaban J connectivity index is 0.00000225. The molecule has 3 aromatic rings. The number of rotatable bonds is 5. The Kier molecular flexibility index (Phi) is 5.16. The van der Waals surface area contributed by atoms with Gasteiger partial charge in [-0.2, -0.15) is 4.98 Å². The number of hydrogen-bond acceptors (Lipinski definition) is 6. The molecular formula is C13H11ClF3N5O3. The number of nitrogens with one attached hydrogen (secondary N) is 1. The third kappa shape index (κ3) is 3.09. The Labute approximate surface area is 144 Å². The van der Waals surface area contributed by atoms with Gasteiger partial charge in [0.1, 0.15) is 0 Å². The lowest BCUT2D eigenvalue weighted by molar-refractivity contribution is -0.383. The first-order valence-corrected chi connectivity index (χ1v) is 6.66. The van der Waals surface area contributed by atoms with Crippen molar-refractivity contribution in [1.29, 1.82) is 0 Å². The highest BCUT2D eigenvalue weighted by Crippen LogP contribution is 2.37. The van der Waals surface area contributed by atoms with Gasteiger partial charge in [0, 0.05) is 13.1 Å². The van der Waals surface area contributed by atoms with Gasteiger partial charge in [-0.3, -0.25) is 10.1 Å². The first-order valence-electron chi connectivity index (χ1n) is 6.66. The predicted octanol–water partition coefficient (Wildman–Crippen LogP) is 3.80. The number of halogens is 4. The van der Waals surface area contributed by atoms with Gasteiger partial charge < -0.3 is 14.4 Å². The minimum Gasteiger partial charge on any atom is -0.341 e. The molecule has 2 heterocycles. The minimum absolute atomic E-state index is 0. The van der Waals surface area contributed by atoms with Crippen LogP contribution >= 0.6 is 12.4 Å². The predicted molar refractivity (Wildman–Crippen MR) is 84.8 cm³/mol. The summed E-state index contributed by atoms with van der Waals surface area (Å²) in [5.41, 5.74) is -0.563. The fraction of sp³-hybridized carbons (Fsp3) is 0.231. The number of benzene rings is 1. The zero-order chi connectivity index (χ0) is 17.4. The maximum absolute atomic E-state index is 14.1. The van der Waals surface area contributed by atoms with Crippen LogP contribution in [0.15, 0.2) is 28.8 Å². The molecule has 1 N–H and O–H groups in total. The van der Waals surface area contributed by atoms with Gasteiger partial charge >= 0.3 is 6.01 Å². The van der Waals surface area contributed by atoms with E-state index in [1.54, 1.807) is 0 Å². The van der Waals surface area contributed by atoms with Crippen LogP contribution in [0.5, 0.6) is 0 Å². The largest absolute Gasteiger partial charge is 0.341 e. The molecule has 0 radical (unpaired) electrons. The Morgan fingerprint density at radius 3 is 2.64 bits per heavy atom. The standard InChI is InChI=1S/C13H10F3N5O3.ClH/c1-17-13-18-12(19-24-13)9-5-6-7(20(9)11(16)10(14)15)3-2-4-8(6)21(22)23;/h2-5,10-11H,1H3,(H,17,18,19);1H. The second-order valence-corrected chi connectivity index (χ2v) is 4.75. The van der Waals surface area contributed by atoms with Gasteiger partial charge in [0.15, 0.2) is 0 Å². The summed E-state index contributed by atoms with van der Waals surface area (Å²) < 4.78 is 45.4. The number of anilines is 1. The van der Waals surface area contributed by atoms with Gasteiger partial charge in [-0.05, 0) is 12.1 Å². The normalized spacial score (nSPS) is 12.2. The fourth-order valence-electron chi connectivity index (χ4n) is 2.37. The first kappa shape index (κ1) is 18.5. The number of nitro benzene ring substituents is 1. The van der Waals surface area contributed by atoms with E-state index in [-0.39, 0.29) is 46.5 Å². The second kappa shape index (κ2) is 6.97. The SMILES string of the molecule is CNc1nc(-c2cc3c([N+](=O)[O-])cccc3n2C(F)C(F)F)no1.Cl. The maximum atomic E-state index is 14.1. The van der Waals surface area contributed by atoms with Crippen LogP contribution in [0.2, 0.25) is 0 Å². The van der Waals surface area contributed by atoms with Crippen molar-refractivity contribution in [2.24, 2.45) is 0 Å². The number of nitro groups is 1. The zero-order valence-corrected chi connectivity index (χ0v) is 13.3. The van der Waals surface area contributed by atoms with E-state index in [9.17, 15) is 23.3 Å². The fourth-order valence-corrected chi connectivity index (χ4v) is 2.37. The molecule has 0 fully saturated rings. The van der Waals surface area contributed by atoms with Crippen molar-refractivity contribution in [3.8, 4) is 11.5 Å². The molecule has 0 aliphatic carbocycles. The number of hydrogen-bond donors (Lipinski definition) is 1. The third-order valence-corrected chi connectivity index (χ3v) is 3.38.